The highest BCUT2D eigenvalue weighted by atomic mass is 32.2. The summed E-state index contributed by atoms with van der Waals surface area (Å²) < 4.78 is 2.58. The maximum atomic E-state index is 10.8. The zero-order valence-electron chi connectivity index (χ0n) is 11.4. The second-order valence-corrected chi connectivity index (χ2v) is 6.83. The van der Waals surface area contributed by atoms with Gasteiger partial charge in [0.2, 0.25) is 0 Å². The third kappa shape index (κ3) is 2.91. The van der Waals surface area contributed by atoms with Crippen LogP contribution in [0.15, 0.2) is 27.8 Å². The quantitative estimate of drug-likeness (QED) is 0.796. The monoisotopic (exact) mass is 320 g/mol. The van der Waals surface area contributed by atoms with E-state index in [1.54, 1.807) is 16.9 Å². The largest absolute Gasteiger partial charge is 0.481 e. The summed E-state index contributed by atoms with van der Waals surface area (Å²) in [7, 11) is 0. The van der Waals surface area contributed by atoms with Crippen molar-refractivity contribution in [3.8, 4) is 0 Å². The fraction of sp³-hybridized carbons (Fsp3) is 0.231. The normalized spacial score (nSPS) is 11.1. The molecule has 3 rings (SSSR count). The number of aliphatic carboxylic acids is 1. The van der Waals surface area contributed by atoms with Crippen LogP contribution in [0.2, 0.25) is 0 Å². The molecule has 0 aromatic carbocycles. The molecule has 3 aromatic heterocycles. The number of hydrogen-bond acceptors (Lipinski definition) is 6. The van der Waals surface area contributed by atoms with Gasteiger partial charge in [-0.1, -0.05) is 0 Å². The molecule has 0 atom stereocenters. The molecule has 0 aliphatic heterocycles. The van der Waals surface area contributed by atoms with Crippen molar-refractivity contribution in [1.82, 2.24) is 19.6 Å². The first-order valence-corrected chi connectivity index (χ1v) is 7.83. The van der Waals surface area contributed by atoms with Crippen LogP contribution in [0.3, 0.4) is 0 Å². The molecule has 0 bridgehead atoms. The fourth-order valence-electron chi connectivity index (χ4n) is 1.93. The molecule has 3 aromatic rings. The molecular formula is C13H12N4O2S2. The van der Waals surface area contributed by atoms with E-state index >= 15 is 0 Å². The van der Waals surface area contributed by atoms with Crippen LogP contribution in [-0.2, 0) is 11.2 Å². The average molecular weight is 320 g/mol. The van der Waals surface area contributed by atoms with E-state index in [1.807, 2.05) is 19.9 Å². The van der Waals surface area contributed by atoms with Crippen molar-refractivity contribution < 1.29 is 9.90 Å². The Morgan fingerprint density at radius 3 is 3.05 bits per heavy atom. The Labute approximate surface area is 128 Å². The number of fused-ring (bicyclic) bond motifs is 1. The van der Waals surface area contributed by atoms with Gasteiger partial charge in [0, 0.05) is 17.3 Å². The Morgan fingerprint density at radius 1 is 1.48 bits per heavy atom. The zero-order chi connectivity index (χ0) is 15.0. The highest BCUT2D eigenvalue weighted by molar-refractivity contribution is 8.01. The van der Waals surface area contributed by atoms with E-state index in [1.165, 1.54) is 23.1 Å². The van der Waals surface area contributed by atoms with Crippen LogP contribution in [0.5, 0.6) is 0 Å². The number of nitrogens with zero attached hydrogens (tertiary/aromatic N) is 4. The second-order valence-electron chi connectivity index (χ2n) is 4.51. The van der Waals surface area contributed by atoms with Gasteiger partial charge < -0.3 is 5.11 Å². The molecule has 108 valence electrons. The summed E-state index contributed by atoms with van der Waals surface area (Å²) in [5.74, 6) is -0.843. The number of hydrogen-bond donors (Lipinski definition) is 1. The number of aryl methyl sites for hydroxylation is 2. The summed E-state index contributed by atoms with van der Waals surface area (Å²) in [6, 6.07) is 1.97. The topological polar surface area (TPSA) is 80.4 Å². The van der Waals surface area contributed by atoms with Gasteiger partial charge in [0.1, 0.15) is 5.03 Å². The number of carboxylic acids is 1. The molecular weight excluding hydrogens is 308 g/mol. The Kier molecular flexibility index (Phi) is 3.64. The van der Waals surface area contributed by atoms with Crippen molar-refractivity contribution in [2.24, 2.45) is 0 Å². The van der Waals surface area contributed by atoms with Gasteiger partial charge in [-0.15, -0.1) is 11.3 Å². The standard InChI is InChI=1S/C13H12N4O2S2/c1-7-5-9-12(14-3-4-17(9)16-7)21-13-15-8(2)10(20-13)6-11(18)19/h3-5H,6H2,1-2H3,(H,18,19). The van der Waals surface area contributed by atoms with Crippen LogP contribution < -0.4 is 0 Å². The lowest BCUT2D eigenvalue weighted by atomic mass is 10.3. The first-order chi connectivity index (χ1) is 10.0. The summed E-state index contributed by atoms with van der Waals surface area (Å²) in [6.07, 6.45) is 3.50. The van der Waals surface area contributed by atoms with Gasteiger partial charge in [-0.2, -0.15) is 5.10 Å². The molecule has 21 heavy (non-hydrogen) atoms. The van der Waals surface area contributed by atoms with Crippen LogP contribution >= 0.6 is 23.1 Å². The lowest BCUT2D eigenvalue weighted by Crippen LogP contribution is -1.99. The minimum absolute atomic E-state index is 0.00742. The Morgan fingerprint density at radius 2 is 2.29 bits per heavy atom. The lowest BCUT2D eigenvalue weighted by Gasteiger charge is -1.99. The van der Waals surface area contributed by atoms with Crippen LogP contribution in [0.4, 0.5) is 0 Å². The number of thiazole rings is 1. The van der Waals surface area contributed by atoms with E-state index in [0.717, 1.165) is 31.1 Å². The Bertz CT molecular complexity index is 825. The highest BCUT2D eigenvalue weighted by Crippen LogP contribution is 2.34. The zero-order valence-corrected chi connectivity index (χ0v) is 13.0. The molecule has 0 aliphatic carbocycles. The van der Waals surface area contributed by atoms with Crippen LogP contribution in [-0.4, -0.2) is 30.7 Å². The maximum Gasteiger partial charge on any atom is 0.308 e. The summed E-state index contributed by atoms with van der Waals surface area (Å²) in [4.78, 5) is 20.4. The van der Waals surface area contributed by atoms with Crippen LogP contribution in [0.25, 0.3) is 5.52 Å². The van der Waals surface area contributed by atoms with Gasteiger partial charge >= 0.3 is 5.97 Å². The average Bonchev–Trinajstić information content (AvgIpc) is 2.92. The predicted octanol–water partition coefficient (Wildman–Crippen LogP) is 2.58. The van der Waals surface area contributed by atoms with Crippen LogP contribution in [0, 0.1) is 13.8 Å². The maximum absolute atomic E-state index is 10.8. The van der Waals surface area contributed by atoms with Crippen molar-refractivity contribution >= 4 is 34.6 Å². The number of rotatable bonds is 4. The molecule has 0 radical (unpaired) electrons. The van der Waals surface area contributed by atoms with E-state index < -0.39 is 5.97 Å². The molecule has 8 heteroatoms. The molecule has 6 nitrogen and oxygen atoms in total. The summed E-state index contributed by atoms with van der Waals surface area (Å²) >= 11 is 2.83. The number of carboxylic acid groups (broad SMARTS) is 1. The molecule has 0 aliphatic rings. The van der Waals surface area contributed by atoms with Gasteiger partial charge in [-0.25, -0.2) is 14.5 Å². The number of carbonyl (C=O) groups is 1. The molecule has 1 N–H and O–H groups in total. The van der Waals surface area contributed by atoms with Crippen molar-refractivity contribution in [2.45, 2.75) is 29.6 Å². The molecule has 3 heterocycles. The number of aromatic nitrogens is 4. The third-order valence-electron chi connectivity index (χ3n) is 2.85. The van der Waals surface area contributed by atoms with E-state index in [4.69, 9.17) is 5.11 Å². The lowest BCUT2D eigenvalue weighted by molar-refractivity contribution is -0.136. The van der Waals surface area contributed by atoms with E-state index in [-0.39, 0.29) is 6.42 Å². The van der Waals surface area contributed by atoms with Gasteiger partial charge in [0.05, 0.1) is 23.3 Å². The summed E-state index contributed by atoms with van der Waals surface area (Å²) in [5.41, 5.74) is 2.61. The van der Waals surface area contributed by atoms with E-state index in [2.05, 4.69) is 15.1 Å². The summed E-state index contributed by atoms with van der Waals surface area (Å²) in [6.45, 7) is 3.76. The van der Waals surface area contributed by atoms with Gasteiger partial charge in [0.15, 0.2) is 4.34 Å². The van der Waals surface area contributed by atoms with Gasteiger partial charge in [-0.3, -0.25) is 4.79 Å². The van der Waals surface area contributed by atoms with E-state index in [0.29, 0.717) is 0 Å². The van der Waals surface area contributed by atoms with Crippen molar-refractivity contribution in [1.29, 1.82) is 0 Å². The van der Waals surface area contributed by atoms with Gasteiger partial charge in [-0.05, 0) is 31.7 Å². The van der Waals surface area contributed by atoms with E-state index in [9.17, 15) is 4.79 Å². The minimum atomic E-state index is -0.843. The molecule has 0 fully saturated rings. The van der Waals surface area contributed by atoms with Crippen molar-refractivity contribution in [2.75, 3.05) is 0 Å². The van der Waals surface area contributed by atoms with Crippen molar-refractivity contribution in [3.63, 3.8) is 0 Å². The van der Waals surface area contributed by atoms with Crippen molar-refractivity contribution in [3.05, 3.63) is 34.7 Å². The molecule has 0 saturated heterocycles. The minimum Gasteiger partial charge on any atom is -0.481 e. The Hall–Kier alpha value is -1.93. The molecule has 0 unspecified atom stereocenters. The second kappa shape index (κ2) is 5.45. The molecule has 0 spiro atoms. The Balaban J connectivity index is 1.93. The smallest absolute Gasteiger partial charge is 0.308 e. The SMILES string of the molecule is Cc1cc2c(Sc3nc(C)c(CC(=O)O)s3)nccn2n1. The first kappa shape index (κ1) is 14.0. The third-order valence-corrected chi connectivity index (χ3v) is 5.07. The van der Waals surface area contributed by atoms with Gasteiger partial charge in [0.25, 0.3) is 0 Å². The predicted molar refractivity (Wildman–Crippen MR) is 80.0 cm³/mol. The first-order valence-electron chi connectivity index (χ1n) is 6.20. The highest BCUT2D eigenvalue weighted by Gasteiger charge is 2.14. The summed E-state index contributed by atoms with van der Waals surface area (Å²) in [5, 5.41) is 14.0. The molecule has 0 saturated carbocycles. The fourth-order valence-corrected chi connectivity index (χ4v) is 4.13. The molecule has 0 amide bonds. The van der Waals surface area contributed by atoms with Crippen LogP contribution in [0.1, 0.15) is 16.3 Å².